The number of aliphatic carboxylic acids is 1. The molecular weight excluding hydrogens is 270 g/mol. The van der Waals surface area contributed by atoms with Crippen molar-refractivity contribution in [1.82, 2.24) is 5.32 Å². The van der Waals surface area contributed by atoms with E-state index in [9.17, 15) is 14.7 Å². The van der Waals surface area contributed by atoms with Gasteiger partial charge in [-0.2, -0.15) is 0 Å². The first kappa shape index (κ1) is 16.8. The lowest BCUT2D eigenvalue weighted by molar-refractivity contribution is -0.140. The van der Waals surface area contributed by atoms with E-state index in [0.29, 0.717) is 12.1 Å². The Kier molecular flexibility index (Phi) is 6.02. The van der Waals surface area contributed by atoms with Gasteiger partial charge in [-0.1, -0.05) is 32.4 Å². The largest absolute Gasteiger partial charge is 0.480 e. The van der Waals surface area contributed by atoms with Crippen molar-refractivity contribution in [3.63, 3.8) is 0 Å². The minimum Gasteiger partial charge on any atom is -0.480 e. The van der Waals surface area contributed by atoms with Crippen LogP contribution in [0.3, 0.4) is 0 Å². The third-order valence-electron chi connectivity index (χ3n) is 3.40. The van der Waals surface area contributed by atoms with E-state index in [1.54, 1.807) is 13.0 Å². The Morgan fingerprint density at radius 1 is 1.29 bits per heavy atom. The van der Waals surface area contributed by atoms with Crippen LogP contribution in [0.1, 0.15) is 20.3 Å². The molecule has 0 aromatic heterocycles. The monoisotopic (exact) mass is 293 g/mol. The minimum absolute atomic E-state index is 0.141. The smallest absolute Gasteiger partial charge is 0.326 e. The van der Waals surface area contributed by atoms with Gasteiger partial charge < -0.3 is 20.6 Å². The van der Waals surface area contributed by atoms with Gasteiger partial charge in [0.15, 0.2) is 0 Å². The number of amides is 2. The van der Waals surface area contributed by atoms with E-state index >= 15 is 0 Å². The molecule has 0 bridgehead atoms. The highest BCUT2D eigenvalue weighted by molar-refractivity contribution is 5.95. The highest BCUT2D eigenvalue weighted by Crippen LogP contribution is 2.23. The SMILES string of the molecule is CC[C@H](C)[C@H](NC(=O)Nc1ccccc1N(C)C)C(=O)O. The predicted molar refractivity (Wildman–Crippen MR) is 83.8 cm³/mol. The van der Waals surface area contributed by atoms with Crippen molar-refractivity contribution < 1.29 is 14.7 Å². The molecule has 6 heteroatoms. The Morgan fingerprint density at radius 2 is 1.90 bits per heavy atom. The summed E-state index contributed by atoms with van der Waals surface area (Å²) < 4.78 is 0. The van der Waals surface area contributed by atoms with Gasteiger partial charge in [-0.25, -0.2) is 9.59 Å². The zero-order valence-electron chi connectivity index (χ0n) is 12.9. The number of carboxylic acids is 1. The zero-order valence-corrected chi connectivity index (χ0v) is 12.9. The highest BCUT2D eigenvalue weighted by Gasteiger charge is 2.25. The van der Waals surface area contributed by atoms with Crippen molar-refractivity contribution in [1.29, 1.82) is 0 Å². The summed E-state index contributed by atoms with van der Waals surface area (Å²) in [5.41, 5.74) is 1.48. The van der Waals surface area contributed by atoms with Crippen LogP contribution in [0.4, 0.5) is 16.2 Å². The maximum absolute atomic E-state index is 12.0. The summed E-state index contributed by atoms with van der Waals surface area (Å²) in [5, 5.41) is 14.4. The van der Waals surface area contributed by atoms with Crippen LogP contribution < -0.4 is 15.5 Å². The van der Waals surface area contributed by atoms with E-state index in [4.69, 9.17) is 0 Å². The van der Waals surface area contributed by atoms with Crippen molar-refractivity contribution in [3.8, 4) is 0 Å². The van der Waals surface area contributed by atoms with Crippen LogP contribution in [0.15, 0.2) is 24.3 Å². The van der Waals surface area contributed by atoms with E-state index in [1.165, 1.54) is 0 Å². The van der Waals surface area contributed by atoms with Crippen LogP contribution in [0.25, 0.3) is 0 Å². The summed E-state index contributed by atoms with van der Waals surface area (Å²) >= 11 is 0. The third-order valence-corrected chi connectivity index (χ3v) is 3.40. The van der Waals surface area contributed by atoms with E-state index in [1.807, 2.05) is 44.1 Å². The topological polar surface area (TPSA) is 81.7 Å². The van der Waals surface area contributed by atoms with E-state index in [0.717, 1.165) is 5.69 Å². The van der Waals surface area contributed by atoms with Crippen LogP contribution in [0, 0.1) is 5.92 Å². The molecular formula is C15H23N3O3. The Bertz CT molecular complexity index is 503. The second kappa shape index (κ2) is 7.52. The average molecular weight is 293 g/mol. The molecule has 1 aromatic rings. The number of carbonyl (C=O) groups excluding carboxylic acids is 1. The molecule has 21 heavy (non-hydrogen) atoms. The van der Waals surface area contributed by atoms with Crippen molar-refractivity contribution in [2.75, 3.05) is 24.3 Å². The molecule has 0 saturated carbocycles. The lowest BCUT2D eigenvalue weighted by Gasteiger charge is -2.22. The van der Waals surface area contributed by atoms with Gasteiger partial charge in [0.25, 0.3) is 0 Å². The lowest BCUT2D eigenvalue weighted by Crippen LogP contribution is -2.46. The van der Waals surface area contributed by atoms with Crippen LogP contribution in [-0.4, -0.2) is 37.2 Å². The molecule has 1 rings (SSSR count). The summed E-state index contributed by atoms with van der Waals surface area (Å²) in [6.45, 7) is 3.69. The Balaban J connectivity index is 2.80. The number of hydrogen-bond acceptors (Lipinski definition) is 3. The molecule has 0 heterocycles. The van der Waals surface area contributed by atoms with Crippen molar-refractivity contribution >= 4 is 23.4 Å². The van der Waals surface area contributed by atoms with E-state index < -0.39 is 18.0 Å². The maximum atomic E-state index is 12.0. The molecule has 0 radical (unpaired) electrons. The van der Waals surface area contributed by atoms with Gasteiger partial charge >= 0.3 is 12.0 Å². The number of para-hydroxylation sites is 2. The molecule has 0 fully saturated rings. The fourth-order valence-electron chi connectivity index (χ4n) is 1.95. The van der Waals surface area contributed by atoms with Crippen molar-refractivity contribution in [2.24, 2.45) is 5.92 Å². The molecule has 0 aliphatic heterocycles. The van der Waals surface area contributed by atoms with Crippen molar-refractivity contribution in [2.45, 2.75) is 26.3 Å². The first-order chi connectivity index (χ1) is 9.86. The van der Waals surface area contributed by atoms with Gasteiger partial charge in [0, 0.05) is 14.1 Å². The lowest BCUT2D eigenvalue weighted by atomic mass is 9.99. The van der Waals surface area contributed by atoms with Crippen LogP contribution in [0.2, 0.25) is 0 Å². The second-order valence-electron chi connectivity index (χ2n) is 5.21. The normalized spacial score (nSPS) is 13.1. The fraction of sp³-hybridized carbons (Fsp3) is 0.467. The molecule has 3 N–H and O–H groups in total. The molecule has 0 spiro atoms. The molecule has 0 aliphatic rings. The van der Waals surface area contributed by atoms with Crippen LogP contribution in [0.5, 0.6) is 0 Å². The number of nitrogens with zero attached hydrogens (tertiary/aromatic N) is 1. The first-order valence-electron chi connectivity index (χ1n) is 6.93. The summed E-state index contributed by atoms with van der Waals surface area (Å²) in [7, 11) is 3.75. The molecule has 2 amide bonds. The fourth-order valence-corrected chi connectivity index (χ4v) is 1.95. The van der Waals surface area contributed by atoms with Crippen LogP contribution in [-0.2, 0) is 4.79 Å². The molecule has 0 aliphatic carbocycles. The summed E-state index contributed by atoms with van der Waals surface area (Å²) in [6.07, 6.45) is 0.672. The van der Waals surface area contributed by atoms with Gasteiger partial charge in [-0.15, -0.1) is 0 Å². The number of benzene rings is 1. The van der Waals surface area contributed by atoms with Crippen molar-refractivity contribution in [3.05, 3.63) is 24.3 Å². The molecule has 1 aromatic carbocycles. The number of hydrogen-bond donors (Lipinski definition) is 3. The quantitative estimate of drug-likeness (QED) is 0.752. The molecule has 116 valence electrons. The van der Waals surface area contributed by atoms with Gasteiger partial charge in [0.1, 0.15) is 6.04 Å². The van der Waals surface area contributed by atoms with E-state index in [-0.39, 0.29) is 5.92 Å². The second-order valence-corrected chi connectivity index (χ2v) is 5.21. The highest BCUT2D eigenvalue weighted by atomic mass is 16.4. The Hall–Kier alpha value is -2.24. The number of carbonyl (C=O) groups is 2. The van der Waals surface area contributed by atoms with Gasteiger partial charge in [0.2, 0.25) is 0 Å². The van der Waals surface area contributed by atoms with Gasteiger partial charge in [-0.3, -0.25) is 0 Å². The minimum atomic E-state index is -1.03. The summed E-state index contributed by atoms with van der Waals surface area (Å²) in [5.74, 6) is -1.17. The summed E-state index contributed by atoms with van der Waals surface area (Å²) in [4.78, 5) is 25.1. The number of rotatable bonds is 6. The maximum Gasteiger partial charge on any atom is 0.326 e. The predicted octanol–water partition coefficient (Wildman–Crippen LogP) is 2.37. The molecule has 2 atom stereocenters. The van der Waals surface area contributed by atoms with E-state index in [2.05, 4.69) is 10.6 Å². The summed E-state index contributed by atoms with van der Waals surface area (Å²) in [6, 6.07) is 5.91. The number of urea groups is 1. The Labute approximate surface area is 125 Å². The molecule has 0 unspecified atom stereocenters. The number of nitrogens with one attached hydrogen (secondary N) is 2. The standard InChI is InChI=1S/C15H23N3O3/c1-5-10(2)13(14(19)20)17-15(21)16-11-8-6-7-9-12(11)18(3)4/h6-10,13H,5H2,1-4H3,(H,19,20)(H2,16,17,21)/t10-,13-/m0/s1. The number of carboxylic acid groups (broad SMARTS) is 1. The average Bonchev–Trinajstić information content (AvgIpc) is 2.44. The first-order valence-corrected chi connectivity index (χ1v) is 6.93. The zero-order chi connectivity index (χ0) is 16.0. The van der Waals surface area contributed by atoms with Gasteiger partial charge in [-0.05, 0) is 18.1 Å². The molecule has 0 saturated heterocycles. The van der Waals surface area contributed by atoms with Gasteiger partial charge in [0.05, 0.1) is 11.4 Å². The van der Waals surface area contributed by atoms with Crippen LogP contribution >= 0.6 is 0 Å². The Morgan fingerprint density at radius 3 is 2.43 bits per heavy atom. The third kappa shape index (κ3) is 4.66. The number of anilines is 2. The molecule has 6 nitrogen and oxygen atoms in total.